The van der Waals surface area contributed by atoms with Crippen molar-refractivity contribution in [3.63, 3.8) is 0 Å². The molecule has 0 saturated heterocycles. The predicted octanol–water partition coefficient (Wildman–Crippen LogP) is 4.30. The second kappa shape index (κ2) is 10.4. The van der Waals surface area contributed by atoms with Crippen molar-refractivity contribution in [1.29, 1.82) is 0 Å². The maximum Gasteiger partial charge on any atom is 0.261 e. The number of carbonyl (C=O) groups excluding carboxylic acids is 2. The summed E-state index contributed by atoms with van der Waals surface area (Å²) in [5, 5.41) is 3.06. The molecule has 0 heterocycles. The standard InChI is InChI=1S/C25H31FN2O3/c1-17-8-13-23(14-18(17)2)31-16-24(29)28(15-20-9-11-21(26)12-10-20)19(3)25(30)27-22-6-4-5-7-22/h8-14,19,22H,4-7,15-16H2,1-3H3,(H,27,30)/t19-/m0/s1. The average molecular weight is 427 g/mol. The first kappa shape index (κ1) is 22.8. The van der Waals surface area contributed by atoms with E-state index < -0.39 is 6.04 Å². The minimum atomic E-state index is -0.665. The molecule has 1 aliphatic carbocycles. The minimum Gasteiger partial charge on any atom is -0.484 e. The van der Waals surface area contributed by atoms with Gasteiger partial charge < -0.3 is 15.0 Å². The first-order valence-corrected chi connectivity index (χ1v) is 10.9. The quantitative estimate of drug-likeness (QED) is 0.685. The van der Waals surface area contributed by atoms with E-state index in [2.05, 4.69) is 5.32 Å². The van der Waals surface area contributed by atoms with Gasteiger partial charge in [-0.05, 0) is 74.6 Å². The van der Waals surface area contributed by atoms with Crippen LogP contribution in [-0.4, -0.2) is 35.4 Å². The van der Waals surface area contributed by atoms with Crippen LogP contribution in [0.3, 0.4) is 0 Å². The van der Waals surface area contributed by atoms with E-state index in [1.54, 1.807) is 19.1 Å². The molecule has 1 N–H and O–H groups in total. The summed E-state index contributed by atoms with van der Waals surface area (Å²) in [4.78, 5) is 27.4. The van der Waals surface area contributed by atoms with Crippen molar-refractivity contribution in [3.05, 3.63) is 65.0 Å². The molecule has 3 rings (SSSR count). The lowest BCUT2D eigenvalue weighted by molar-refractivity contribution is -0.142. The Morgan fingerprint density at radius 1 is 1.10 bits per heavy atom. The Bertz CT molecular complexity index is 907. The Hall–Kier alpha value is -2.89. The number of aryl methyl sites for hydroxylation is 2. The van der Waals surface area contributed by atoms with Crippen LogP contribution in [-0.2, 0) is 16.1 Å². The first-order valence-electron chi connectivity index (χ1n) is 10.9. The van der Waals surface area contributed by atoms with Gasteiger partial charge in [-0.25, -0.2) is 4.39 Å². The van der Waals surface area contributed by atoms with Gasteiger partial charge in [0.1, 0.15) is 17.6 Å². The van der Waals surface area contributed by atoms with Gasteiger partial charge in [0.15, 0.2) is 6.61 Å². The number of carbonyl (C=O) groups is 2. The van der Waals surface area contributed by atoms with E-state index in [1.165, 1.54) is 17.0 Å². The van der Waals surface area contributed by atoms with E-state index in [9.17, 15) is 14.0 Å². The fraction of sp³-hybridized carbons (Fsp3) is 0.440. The molecule has 0 radical (unpaired) electrons. The second-order valence-electron chi connectivity index (χ2n) is 8.35. The SMILES string of the molecule is Cc1ccc(OCC(=O)N(Cc2ccc(F)cc2)[C@@H](C)C(=O)NC2CCCC2)cc1C. The summed E-state index contributed by atoms with van der Waals surface area (Å²) in [6.45, 7) is 5.75. The summed E-state index contributed by atoms with van der Waals surface area (Å²) < 4.78 is 19.0. The maximum absolute atomic E-state index is 13.3. The molecule has 1 atom stereocenters. The Morgan fingerprint density at radius 3 is 2.42 bits per heavy atom. The molecular weight excluding hydrogens is 395 g/mol. The maximum atomic E-state index is 13.3. The van der Waals surface area contributed by atoms with E-state index in [0.717, 1.165) is 42.4 Å². The number of hydrogen-bond donors (Lipinski definition) is 1. The zero-order valence-electron chi connectivity index (χ0n) is 18.5. The zero-order chi connectivity index (χ0) is 22.4. The lowest BCUT2D eigenvalue weighted by atomic mass is 10.1. The molecule has 31 heavy (non-hydrogen) atoms. The highest BCUT2D eigenvalue weighted by atomic mass is 19.1. The molecule has 2 amide bonds. The lowest BCUT2D eigenvalue weighted by Gasteiger charge is -2.29. The summed E-state index contributed by atoms with van der Waals surface area (Å²) >= 11 is 0. The van der Waals surface area contributed by atoms with E-state index in [4.69, 9.17) is 4.74 Å². The van der Waals surface area contributed by atoms with Crippen LogP contribution >= 0.6 is 0 Å². The van der Waals surface area contributed by atoms with Gasteiger partial charge in [0.25, 0.3) is 5.91 Å². The van der Waals surface area contributed by atoms with Crippen molar-refractivity contribution in [2.45, 2.75) is 65.1 Å². The van der Waals surface area contributed by atoms with Gasteiger partial charge >= 0.3 is 0 Å². The highest BCUT2D eigenvalue weighted by Crippen LogP contribution is 2.19. The molecule has 166 valence electrons. The molecule has 6 heteroatoms. The van der Waals surface area contributed by atoms with Crippen molar-refractivity contribution >= 4 is 11.8 Å². The Kier molecular flexibility index (Phi) is 7.66. The molecule has 0 aromatic heterocycles. The third-order valence-electron chi connectivity index (χ3n) is 5.98. The number of nitrogens with zero attached hydrogens (tertiary/aromatic N) is 1. The van der Waals surface area contributed by atoms with Gasteiger partial charge in [-0.2, -0.15) is 0 Å². The van der Waals surface area contributed by atoms with E-state index in [0.29, 0.717) is 5.75 Å². The molecule has 5 nitrogen and oxygen atoms in total. The second-order valence-corrected chi connectivity index (χ2v) is 8.35. The third kappa shape index (κ3) is 6.29. The Labute approximate surface area is 183 Å². The number of benzene rings is 2. The third-order valence-corrected chi connectivity index (χ3v) is 5.98. The Morgan fingerprint density at radius 2 is 1.77 bits per heavy atom. The number of hydrogen-bond acceptors (Lipinski definition) is 3. The van der Waals surface area contributed by atoms with Crippen LogP contribution in [0.5, 0.6) is 5.75 Å². The fourth-order valence-electron chi connectivity index (χ4n) is 3.79. The summed E-state index contributed by atoms with van der Waals surface area (Å²) in [5.41, 5.74) is 2.98. The molecule has 0 aliphatic heterocycles. The average Bonchev–Trinajstić information content (AvgIpc) is 3.26. The van der Waals surface area contributed by atoms with Gasteiger partial charge in [0, 0.05) is 12.6 Å². The topological polar surface area (TPSA) is 58.6 Å². The van der Waals surface area contributed by atoms with Crippen LogP contribution in [0.1, 0.15) is 49.3 Å². The van der Waals surface area contributed by atoms with Crippen LogP contribution in [0.25, 0.3) is 0 Å². The molecule has 1 aliphatic rings. The van der Waals surface area contributed by atoms with Crippen LogP contribution in [0.15, 0.2) is 42.5 Å². The van der Waals surface area contributed by atoms with Gasteiger partial charge in [-0.3, -0.25) is 9.59 Å². The Balaban J connectivity index is 1.71. The van der Waals surface area contributed by atoms with Crippen molar-refractivity contribution in [2.24, 2.45) is 0 Å². The van der Waals surface area contributed by atoms with E-state index >= 15 is 0 Å². The van der Waals surface area contributed by atoms with Gasteiger partial charge in [-0.15, -0.1) is 0 Å². The zero-order valence-corrected chi connectivity index (χ0v) is 18.5. The lowest BCUT2D eigenvalue weighted by Crippen LogP contribution is -2.50. The van der Waals surface area contributed by atoms with E-state index in [1.807, 2.05) is 32.0 Å². The molecular formula is C25H31FN2O3. The van der Waals surface area contributed by atoms with E-state index in [-0.39, 0.29) is 36.8 Å². The van der Waals surface area contributed by atoms with Gasteiger partial charge in [0.05, 0.1) is 0 Å². The first-order chi connectivity index (χ1) is 14.8. The number of nitrogens with one attached hydrogen (secondary N) is 1. The highest BCUT2D eigenvalue weighted by molar-refractivity contribution is 5.88. The van der Waals surface area contributed by atoms with Gasteiger partial charge in [0.2, 0.25) is 5.91 Å². The van der Waals surface area contributed by atoms with Crippen LogP contribution in [0, 0.1) is 19.7 Å². The summed E-state index contributed by atoms with van der Waals surface area (Å²) in [6, 6.07) is 11.1. The smallest absolute Gasteiger partial charge is 0.261 e. The monoisotopic (exact) mass is 426 g/mol. The van der Waals surface area contributed by atoms with Crippen molar-refractivity contribution in [1.82, 2.24) is 10.2 Å². The summed E-state index contributed by atoms with van der Waals surface area (Å²) in [7, 11) is 0. The molecule has 1 saturated carbocycles. The van der Waals surface area contributed by atoms with Crippen LogP contribution < -0.4 is 10.1 Å². The molecule has 2 aromatic carbocycles. The molecule has 0 spiro atoms. The molecule has 0 bridgehead atoms. The van der Waals surface area contributed by atoms with Crippen LogP contribution in [0.2, 0.25) is 0 Å². The fourth-order valence-corrected chi connectivity index (χ4v) is 3.79. The van der Waals surface area contributed by atoms with Crippen molar-refractivity contribution in [2.75, 3.05) is 6.61 Å². The normalized spacial score (nSPS) is 14.8. The number of amides is 2. The molecule has 1 fully saturated rings. The van der Waals surface area contributed by atoms with Crippen molar-refractivity contribution < 1.29 is 18.7 Å². The molecule has 0 unspecified atom stereocenters. The van der Waals surface area contributed by atoms with Gasteiger partial charge in [-0.1, -0.05) is 31.0 Å². The largest absolute Gasteiger partial charge is 0.484 e. The summed E-state index contributed by atoms with van der Waals surface area (Å²) in [6.07, 6.45) is 4.17. The minimum absolute atomic E-state index is 0.171. The van der Waals surface area contributed by atoms with Crippen LogP contribution in [0.4, 0.5) is 4.39 Å². The summed E-state index contributed by atoms with van der Waals surface area (Å²) in [5.74, 6) is -0.196. The number of halogens is 1. The molecule has 2 aromatic rings. The highest BCUT2D eigenvalue weighted by Gasteiger charge is 2.28. The predicted molar refractivity (Wildman–Crippen MR) is 118 cm³/mol. The number of rotatable bonds is 8. The van der Waals surface area contributed by atoms with Crippen molar-refractivity contribution in [3.8, 4) is 5.75 Å². The number of ether oxygens (including phenoxy) is 1.